The van der Waals surface area contributed by atoms with Gasteiger partial charge in [-0.3, -0.25) is 9.59 Å². The highest BCUT2D eigenvalue weighted by Gasteiger charge is 2.36. The quantitative estimate of drug-likeness (QED) is 0.746. The predicted molar refractivity (Wildman–Crippen MR) is 127 cm³/mol. The summed E-state index contributed by atoms with van der Waals surface area (Å²) in [5, 5.41) is 10.2. The smallest absolute Gasteiger partial charge is 0.257 e. The van der Waals surface area contributed by atoms with Crippen molar-refractivity contribution in [1.29, 1.82) is 0 Å². The zero-order valence-corrected chi connectivity index (χ0v) is 19.7. The van der Waals surface area contributed by atoms with Gasteiger partial charge in [-0.25, -0.2) is 4.98 Å². The first-order valence-electron chi connectivity index (χ1n) is 12.0. The number of piperidine rings is 1. The summed E-state index contributed by atoms with van der Waals surface area (Å²) < 4.78 is 11.2. The van der Waals surface area contributed by atoms with Gasteiger partial charge in [0, 0.05) is 44.1 Å². The minimum atomic E-state index is -0.166. The Labute approximate surface area is 200 Å². The molecule has 4 heterocycles. The van der Waals surface area contributed by atoms with Crippen LogP contribution < -0.4 is 9.47 Å². The molecule has 0 aliphatic carbocycles. The van der Waals surface area contributed by atoms with Crippen molar-refractivity contribution in [1.82, 2.24) is 14.8 Å². The third-order valence-corrected chi connectivity index (χ3v) is 7.05. The number of ether oxygens (including phenoxy) is 2. The predicted octanol–water partition coefficient (Wildman–Crippen LogP) is 3.01. The van der Waals surface area contributed by atoms with E-state index in [1.807, 2.05) is 17.0 Å². The van der Waals surface area contributed by atoms with Crippen molar-refractivity contribution in [2.45, 2.75) is 32.1 Å². The molecule has 8 nitrogen and oxygen atoms in total. The number of nitrogens with zero attached hydrogens (tertiary/aromatic N) is 3. The Hall–Kier alpha value is -3.13. The van der Waals surface area contributed by atoms with Crippen LogP contribution in [-0.2, 0) is 0 Å². The Bertz CT molecular complexity index is 1000. The first-order chi connectivity index (χ1) is 16.5. The molecular formula is C26H33N3O5. The fraction of sp³-hybridized carbons (Fsp3) is 0.500. The Morgan fingerprint density at radius 1 is 1.12 bits per heavy atom. The molecule has 3 aliphatic heterocycles. The van der Waals surface area contributed by atoms with Crippen LogP contribution in [-0.4, -0.2) is 78.2 Å². The number of amides is 2. The minimum Gasteiger partial charge on any atom is -0.491 e. The molecule has 0 saturated carbocycles. The lowest BCUT2D eigenvalue weighted by Crippen LogP contribution is -2.44. The number of fused-ring (bicyclic) bond motifs is 9. The monoisotopic (exact) mass is 467 g/mol. The van der Waals surface area contributed by atoms with Crippen LogP contribution >= 0.6 is 0 Å². The molecule has 1 aromatic carbocycles. The Morgan fingerprint density at radius 3 is 2.68 bits per heavy atom. The molecule has 3 aliphatic rings. The van der Waals surface area contributed by atoms with Crippen LogP contribution in [0.3, 0.4) is 0 Å². The Kier molecular flexibility index (Phi) is 7.67. The van der Waals surface area contributed by atoms with E-state index < -0.39 is 0 Å². The molecule has 2 amide bonds. The zero-order valence-electron chi connectivity index (χ0n) is 19.7. The number of hydrogen-bond acceptors (Lipinski definition) is 6. The minimum absolute atomic E-state index is 0.0474. The van der Waals surface area contributed by atoms with Crippen molar-refractivity contribution in [2.75, 3.05) is 46.5 Å². The van der Waals surface area contributed by atoms with E-state index in [0.29, 0.717) is 48.9 Å². The highest BCUT2D eigenvalue weighted by atomic mass is 16.5. The lowest BCUT2D eigenvalue weighted by molar-refractivity contribution is 0.0297. The number of rotatable bonds is 3. The number of pyridine rings is 1. The van der Waals surface area contributed by atoms with Crippen LogP contribution in [0, 0.1) is 5.41 Å². The Morgan fingerprint density at radius 2 is 1.91 bits per heavy atom. The molecule has 5 rings (SSSR count). The number of benzene rings is 1. The van der Waals surface area contributed by atoms with Crippen LogP contribution in [0.15, 0.2) is 42.6 Å². The standard InChI is InChI=1S/C26H33N3O5/c1-33-23-18-20(8-12-27-23)24(31)28-13-5-4-9-26(19-30)10-14-29(15-11-26)25(32)21-6-2-3-7-22(21)34-17-16-28/h2-3,6-8,12,18,30H,4-5,9-11,13-17,19H2,1H3. The maximum Gasteiger partial charge on any atom is 0.257 e. The van der Waals surface area contributed by atoms with Crippen LogP contribution in [0.1, 0.15) is 52.8 Å². The first-order valence-corrected chi connectivity index (χ1v) is 12.0. The molecule has 0 radical (unpaired) electrons. The van der Waals surface area contributed by atoms with E-state index in [0.717, 1.165) is 32.1 Å². The number of para-hydroxylation sites is 1. The summed E-state index contributed by atoms with van der Waals surface area (Å²) in [6.45, 7) is 2.62. The van der Waals surface area contributed by atoms with Crippen molar-refractivity contribution < 1.29 is 24.2 Å². The highest BCUT2D eigenvalue weighted by Crippen LogP contribution is 2.37. The summed E-state index contributed by atoms with van der Waals surface area (Å²) in [6, 6.07) is 10.6. The normalized spacial score (nSPS) is 18.9. The van der Waals surface area contributed by atoms with Gasteiger partial charge in [0.25, 0.3) is 11.8 Å². The number of methoxy groups -OCH3 is 1. The largest absolute Gasteiger partial charge is 0.491 e. The summed E-state index contributed by atoms with van der Waals surface area (Å²) in [4.78, 5) is 34.3. The van der Waals surface area contributed by atoms with Crippen LogP contribution in [0.2, 0.25) is 0 Å². The molecule has 2 bridgehead atoms. The van der Waals surface area contributed by atoms with Gasteiger partial charge in [0.15, 0.2) is 0 Å². The molecule has 1 saturated heterocycles. The van der Waals surface area contributed by atoms with Gasteiger partial charge < -0.3 is 24.4 Å². The third kappa shape index (κ3) is 5.33. The lowest BCUT2D eigenvalue weighted by atomic mass is 9.75. The average molecular weight is 468 g/mol. The highest BCUT2D eigenvalue weighted by molar-refractivity contribution is 5.97. The van der Waals surface area contributed by atoms with Crippen molar-refractivity contribution in [3.8, 4) is 11.6 Å². The molecular weight excluding hydrogens is 434 g/mol. The van der Waals surface area contributed by atoms with Gasteiger partial charge in [-0.05, 0) is 49.3 Å². The van der Waals surface area contributed by atoms with Gasteiger partial charge in [-0.15, -0.1) is 0 Å². The van der Waals surface area contributed by atoms with Crippen molar-refractivity contribution in [3.63, 3.8) is 0 Å². The van der Waals surface area contributed by atoms with Gasteiger partial charge in [0.2, 0.25) is 5.88 Å². The maximum absolute atomic E-state index is 13.3. The second-order valence-corrected chi connectivity index (χ2v) is 9.13. The molecule has 0 atom stereocenters. The molecule has 2 aromatic rings. The van der Waals surface area contributed by atoms with E-state index in [4.69, 9.17) is 9.47 Å². The molecule has 34 heavy (non-hydrogen) atoms. The van der Waals surface area contributed by atoms with Crippen molar-refractivity contribution >= 4 is 11.8 Å². The van der Waals surface area contributed by atoms with Crippen LogP contribution in [0.5, 0.6) is 11.6 Å². The molecule has 1 N–H and O–H groups in total. The summed E-state index contributed by atoms with van der Waals surface area (Å²) in [7, 11) is 1.52. The number of aliphatic hydroxyl groups excluding tert-OH is 1. The fourth-order valence-electron chi connectivity index (χ4n) is 4.83. The van der Waals surface area contributed by atoms with Gasteiger partial charge in [0.1, 0.15) is 12.4 Å². The van der Waals surface area contributed by atoms with Gasteiger partial charge in [0.05, 0.1) is 19.2 Å². The summed E-state index contributed by atoms with van der Waals surface area (Å²) >= 11 is 0. The molecule has 182 valence electrons. The third-order valence-electron chi connectivity index (χ3n) is 7.05. The summed E-state index contributed by atoms with van der Waals surface area (Å²) in [6.07, 6.45) is 5.72. The van der Waals surface area contributed by atoms with E-state index in [9.17, 15) is 14.7 Å². The zero-order chi connectivity index (χ0) is 24.0. The molecule has 8 heteroatoms. The molecule has 0 unspecified atom stereocenters. The van der Waals surface area contributed by atoms with Gasteiger partial charge in [-0.2, -0.15) is 0 Å². The molecule has 1 fully saturated rings. The molecule has 1 aromatic heterocycles. The van der Waals surface area contributed by atoms with Crippen LogP contribution in [0.4, 0.5) is 0 Å². The topological polar surface area (TPSA) is 92.2 Å². The number of hydrogen-bond donors (Lipinski definition) is 1. The van der Waals surface area contributed by atoms with E-state index in [1.54, 1.807) is 35.4 Å². The van der Waals surface area contributed by atoms with E-state index in [-0.39, 0.29) is 30.4 Å². The van der Waals surface area contributed by atoms with Crippen molar-refractivity contribution in [2.24, 2.45) is 5.41 Å². The van der Waals surface area contributed by atoms with Gasteiger partial charge in [-0.1, -0.05) is 18.6 Å². The number of carbonyl (C=O) groups is 2. The van der Waals surface area contributed by atoms with Crippen LogP contribution in [0.25, 0.3) is 0 Å². The van der Waals surface area contributed by atoms with E-state index in [1.165, 1.54) is 7.11 Å². The molecule has 0 spiro atoms. The first kappa shape index (κ1) is 24.0. The SMILES string of the molecule is COc1cc(C(=O)N2CCCCC3(CO)CCN(CC3)C(=O)c3ccccc3OCC2)ccn1. The summed E-state index contributed by atoms with van der Waals surface area (Å²) in [5.74, 6) is 0.763. The van der Waals surface area contributed by atoms with E-state index >= 15 is 0 Å². The second kappa shape index (κ2) is 10.9. The van der Waals surface area contributed by atoms with Crippen molar-refractivity contribution in [3.05, 3.63) is 53.7 Å². The van der Waals surface area contributed by atoms with E-state index in [2.05, 4.69) is 4.98 Å². The average Bonchev–Trinajstić information content (AvgIpc) is 2.90. The Balaban J connectivity index is 1.57. The number of carbonyl (C=O) groups excluding carboxylic acids is 2. The number of aliphatic hydroxyl groups is 1. The second-order valence-electron chi connectivity index (χ2n) is 9.13. The summed E-state index contributed by atoms with van der Waals surface area (Å²) in [5.41, 5.74) is 0.879. The van der Waals surface area contributed by atoms with Gasteiger partial charge >= 0.3 is 0 Å². The number of aromatic nitrogens is 1. The lowest BCUT2D eigenvalue weighted by Gasteiger charge is -2.41. The maximum atomic E-state index is 13.3. The fourth-order valence-corrected chi connectivity index (χ4v) is 4.83.